The number of ether oxygens (including phenoxy) is 1. The predicted molar refractivity (Wildman–Crippen MR) is 74.0 cm³/mol. The third-order valence-electron chi connectivity index (χ3n) is 2.72. The van der Waals surface area contributed by atoms with Crippen LogP contribution in [0.25, 0.3) is 0 Å². The first-order valence-electron chi connectivity index (χ1n) is 5.74. The topological polar surface area (TPSA) is 84.6 Å². The fourth-order valence-corrected chi connectivity index (χ4v) is 1.72. The first-order chi connectivity index (χ1) is 9.51. The first-order valence-corrected chi connectivity index (χ1v) is 5.74. The largest absolute Gasteiger partial charge is 0.497 e. The van der Waals surface area contributed by atoms with E-state index in [2.05, 4.69) is 5.32 Å². The number of carboxylic acids is 1. The molecule has 0 aliphatic rings. The smallest absolute Gasteiger partial charge is 0.337 e. The molecular formula is C14H13FN2O3. The minimum absolute atomic E-state index is 0.0350. The molecule has 0 unspecified atom stereocenters. The Morgan fingerprint density at radius 3 is 2.65 bits per heavy atom. The lowest BCUT2D eigenvalue weighted by Crippen LogP contribution is -2.05. The van der Waals surface area contributed by atoms with E-state index in [9.17, 15) is 9.18 Å². The van der Waals surface area contributed by atoms with Crippen LogP contribution in [0.3, 0.4) is 0 Å². The van der Waals surface area contributed by atoms with Gasteiger partial charge in [-0.2, -0.15) is 0 Å². The number of benzene rings is 2. The second-order valence-corrected chi connectivity index (χ2v) is 4.08. The van der Waals surface area contributed by atoms with Crippen LogP contribution in [0.5, 0.6) is 5.75 Å². The summed E-state index contributed by atoms with van der Waals surface area (Å²) in [5.41, 5.74) is 6.20. The molecule has 0 saturated carbocycles. The van der Waals surface area contributed by atoms with E-state index in [-0.39, 0.29) is 16.9 Å². The molecule has 0 spiro atoms. The highest BCUT2D eigenvalue weighted by Crippen LogP contribution is 2.27. The summed E-state index contributed by atoms with van der Waals surface area (Å²) in [4.78, 5) is 11.2. The predicted octanol–water partition coefficient (Wildman–Crippen LogP) is 2.86. The minimum Gasteiger partial charge on any atom is -0.497 e. The summed E-state index contributed by atoms with van der Waals surface area (Å²) in [6.07, 6.45) is 0. The molecule has 0 heterocycles. The van der Waals surface area contributed by atoms with E-state index in [1.54, 1.807) is 0 Å². The SMILES string of the molecule is COc1ccc(F)c(Nc2ccc(N)cc2C(=O)O)c1. The quantitative estimate of drug-likeness (QED) is 0.748. The van der Waals surface area contributed by atoms with E-state index in [0.29, 0.717) is 11.4 Å². The highest BCUT2D eigenvalue weighted by molar-refractivity contribution is 5.96. The van der Waals surface area contributed by atoms with Crippen molar-refractivity contribution in [2.75, 3.05) is 18.2 Å². The van der Waals surface area contributed by atoms with Crippen LogP contribution in [0.4, 0.5) is 21.5 Å². The van der Waals surface area contributed by atoms with Gasteiger partial charge in [0.15, 0.2) is 0 Å². The Bertz CT molecular complexity index is 659. The van der Waals surface area contributed by atoms with Gasteiger partial charge in [-0.05, 0) is 30.3 Å². The summed E-state index contributed by atoms with van der Waals surface area (Å²) in [6.45, 7) is 0. The van der Waals surface area contributed by atoms with Crippen LogP contribution in [-0.2, 0) is 0 Å². The highest BCUT2D eigenvalue weighted by Gasteiger charge is 2.12. The molecule has 5 nitrogen and oxygen atoms in total. The van der Waals surface area contributed by atoms with Gasteiger partial charge in [-0.1, -0.05) is 0 Å². The number of aromatic carboxylic acids is 1. The lowest BCUT2D eigenvalue weighted by atomic mass is 10.1. The maximum Gasteiger partial charge on any atom is 0.337 e. The van der Waals surface area contributed by atoms with E-state index in [1.165, 1.54) is 43.5 Å². The summed E-state index contributed by atoms with van der Waals surface area (Å²) in [5, 5.41) is 11.9. The van der Waals surface area contributed by atoms with E-state index in [1.807, 2.05) is 0 Å². The normalized spacial score (nSPS) is 10.1. The number of nitrogen functional groups attached to an aromatic ring is 1. The van der Waals surface area contributed by atoms with Gasteiger partial charge >= 0.3 is 5.97 Å². The number of halogens is 1. The van der Waals surface area contributed by atoms with Gasteiger partial charge in [-0.25, -0.2) is 9.18 Å². The standard InChI is InChI=1S/C14H13FN2O3/c1-20-9-3-4-11(15)13(7-9)17-12-5-2-8(16)6-10(12)14(18)19/h2-7,17H,16H2,1H3,(H,18,19). The summed E-state index contributed by atoms with van der Waals surface area (Å²) >= 11 is 0. The molecule has 20 heavy (non-hydrogen) atoms. The van der Waals surface area contributed by atoms with Crippen LogP contribution in [0.2, 0.25) is 0 Å². The molecule has 0 aromatic heterocycles. The number of nitrogens with one attached hydrogen (secondary N) is 1. The third-order valence-corrected chi connectivity index (χ3v) is 2.72. The number of anilines is 3. The summed E-state index contributed by atoms with van der Waals surface area (Å²) < 4.78 is 18.7. The van der Waals surface area contributed by atoms with Crippen molar-refractivity contribution in [1.29, 1.82) is 0 Å². The van der Waals surface area contributed by atoms with Crippen LogP contribution in [0.15, 0.2) is 36.4 Å². The molecule has 2 aromatic carbocycles. The Morgan fingerprint density at radius 1 is 1.25 bits per heavy atom. The molecule has 0 atom stereocenters. The van der Waals surface area contributed by atoms with Crippen molar-refractivity contribution in [3.8, 4) is 5.75 Å². The van der Waals surface area contributed by atoms with Gasteiger partial charge in [0.05, 0.1) is 24.0 Å². The molecule has 2 rings (SSSR count). The van der Waals surface area contributed by atoms with Gasteiger partial charge in [-0.15, -0.1) is 0 Å². The Balaban J connectivity index is 2.42. The van der Waals surface area contributed by atoms with Crippen LogP contribution in [0, 0.1) is 5.82 Å². The van der Waals surface area contributed by atoms with E-state index >= 15 is 0 Å². The number of carboxylic acid groups (broad SMARTS) is 1. The van der Waals surface area contributed by atoms with Gasteiger partial charge in [-0.3, -0.25) is 0 Å². The molecule has 0 aliphatic heterocycles. The zero-order chi connectivity index (χ0) is 14.7. The molecule has 0 bridgehead atoms. The van der Waals surface area contributed by atoms with Crippen molar-refractivity contribution in [2.45, 2.75) is 0 Å². The van der Waals surface area contributed by atoms with Crippen LogP contribution in [0.1, 0.15) is 10.4 Å². The fourth-order valence-electron chi connectivity index (χ4n) is 1.72. The number of methoxy groups -OCH3 is 1. The second-order valence-electron chi connectivity index (χ2n) is 4.08. The minimum atomic E-state index is -1.15. The number of nitrogens with two attached hydrogens (primary N) is 1. The molecule has 0 aliphatic carbocycles. The highest BCUT2D eigenvalue weighted by atomic mass is 19.1. The summed E-state index contributed by atoms with van der Waals surface area (Å²) in [5.74, 6) is -1.21. The molecule has 0 radical (unpaired) electrons. The molecule has 0 fully saturated rings. The Morgan fingerprint density at radius 2 is 2.00 bits per heavy atom. The zero-order valence-electron chi connectivity index (χ0n) is 10.7. The summed E-state index contributed by atoms with van der Waals surface area (Å²) in [6, 6.07) is 8.48. The third kappa shape index (κ3) is 2.80. The molecular weight excluding hydrogens is 263 g/mol. The van der Waals surface area contributed by atoms with Crippen molar-refractivity contribution in [2.24, 2.45) is 0 Å². The van der Waals surface area contributed by atoms with Crippen LogP contribution < -0.4 is 15.8 Å². The maximum atomic E-state index is 13.7. The van der Waals surface area contributed by atoms with Crippen LogP contribution in [-0.4, -0.2) is 18.2 Å². The molecule has 0 amide bonds. The monoisotopic (exact) mass is 276 g/mol. The number of rotatable bonds is 4. The van der Waals surface area contributed by atoms with Crippen molar-refractivity contribution in [3.05, 3.63) is 47.8 Å². The van der Waals surface area contributed by atoms with E-state index in [0.717, 1.165) is 0 Å². The Kier molecular flexibility index (Phi) is 3.74. The first kappa shape index (κ1) is 13.7. The summed E-state index contributed by atoms with van der Waals surface area (Å²) in [7, 11) is 1.46. The van der Waals surface area contributed by atoms with E-state index < -0.39 is 11.8 Å². The lowest BCUT2D eigenvalue weighted by molar-refractivity contribution is 0.0698. The van der Waals surface area contributed by atoms with Gasteiger partial charge in [0, 0.05) is 11.8 Å². The average Bonchev–Trinajstić information content (AvgIpc) is 2.42. The lowest BCUT2D eigenvalue weighted by Gasteiger charge is -2.12. The Hall–Kier alpha value is -2.76. The number of carbonyl (C=O) groups is 1. The van der Waals surface area contributed by atoms with Crippen molar-refractivity contribution in [1.82, 2.24) is 0 Å². The molecule has 104 valence electrons. The fraction of sp³-hybridized carbons (Fsp3) is 0.0714. The molecule has 0 saturated heterocycles. The number of hydrogen-bond acceptors (Lipinski definition) is 4. The maximum absolute atomic E-state index is 13.7. The Labute approximate surface area is 114 Å². The van der Waals surface area contributed by atoms with Gasteiger partial charge < -0.3 is 20.9 Å². The van der Waals surface area contributed by atoms with Gasteiger partial charge in [0.2, 0.25) is 0 Å². The van der Waals surface area contributed by atoms with Crippen molar-refractivity contribution < 1.29 is 19.0 Å². The second kappa shape index (κ2) is 5.48. The van der Waals surface area contributed by atoms with Crippen molar-refractivity contribution in [3.63, 3.8) is 0 Å². The molecule has 2 aromatic rings. The average molecular weight is 276 g/mol. The molecule has 4 N–H and O–H groups in total. The zero-order valence-corrected chi connectivity index (χ0v) is 10.7. The molecule has 6 heteroatoms. The number of hydrogen-bond donors (Lipinski definition) is 3. The van der Waals surface area contributed by atoms with Gasteiger partial charge in [0.1, 0.15) is 11.6 Å². The van der Waals surface area contributed by atoms with Crippen molar-refractivity contribution >= 4 is 23.0 Å². The van der Waals surface area contributed by atoms with E-state index in [4.69, 9.17) is 15.6 Å². The van der Waals surface area contributed by atoms with Crippen LogP contribution >= 0.6 is 0 Å². The van der Waals surface area contributed by atoms with Gasteiger partial charge in [0.25, 0.3) is 0 Å².